The Labute approximate surface area is 101 Å². The first-order chi connectivity index (χ1) is 8.06. The Morgan fingerprint density at radius 2 is 2.18 bits per heavy atom. The van der Waals surface area contributed by atoms with Gasteiger partial charge in [0.2, 0.25) is 5.91 Å². The van der Waals surface area contributed by atoms with Crippen molar-refractivity contribution in [2.45, 2.75) is 26.8 Å². The standard InChI is InChI=1S/C13H16N2O2/c1-4-15-12-8(2)6-5-7-10(12)11(13(15)17)14-9(3)16/h5-7,11H,4H2,1-3H3,(H,14,16)/t11-/m0/s1. The molecule has 1 atom stereocenters. The zero-order valence-corrected chi connectivity index (χ0v) is 10.3. The van der Waals surface area contributed by atoms with Crippen LogP contribution in [0.15, 0.2) is 18.2 Å². The molecule has 0 unspecified atom stereocenters. The number of fused-ring (bicyclic) bond motifs is 1. The van der Waals surface area contributed by atoms with Crippen LogP contribution in [-0.4, -0.2) is 18.4 Å². The van der Waals surface area contributed by atoms with E-state index in [1.165, 1.54) is 6.92 Å². The van der Waals surface area contributed by atoms with E-state index < -0.39 is 6.04 Å². The van der Waals surface area contributed by atoms with Crippen molar-refractivity contribution in [2.24, 2.45) is 0 Å². The van der Waals surface area contributed by atoms with E-state index in [4.69, 9.17) is 0 Å². The number of nitrogens with zero attached hydrogens (tertiary/aromatic N) is 1. The molecule has 0 aromatic heterocycles. The molecule has 2 amide bonds. The Morgan fingerprint density at radius 1 is 1.47 bits per heavy atom. The zero-order valence-electron chi connectivity index (χ0n) is 10.3. The highest BCUT2D eigenvalue weighted by molar-refractivity contribution is 6.06. The van der Waals surface area contributed by atoms with Crippen molar-refractivity contribution < 1.29 is 9.59 Å². The van der Waals surface area contributed by atoms with Crippen LogP contribution in [-0.2, 0) is 9.59 Å². The summed E-state index contributed by atoms with van der Waals surface area (Å²) in [5, 5.41) is 2.71. The van der Waals surface area contributed by atoms with Crippen molar-refractivity contribution in [2.75, 3.05) is 11.4 Å². The van der Waals surface area contributed by atoms with Crippen molar-refractivity contribution in [1.82, 2.24) is 5.32 Å². The van der Waals surface area contributed by atoms with Gasteiger partial charge in [0.05, 0.1) is 5.69 Å². The molecule has 1 aromatic rings. The van der Waals surface area contributed by atoms with E-state index in [2.05, 4.69) is 5.32 Å². The summed E-state index contributed by atoms with van der Waals surface area (Å²) in [6.45, 7) is 5.96. The molecule has 0 spiro atoms. The molecular weight excluding hydrogens is 216 g/mol. The third-order valence-corrected chi connectivity index (χ3v) is 3.03. The molecule has 4 heteroatoms. The number of nitrogens with one attached hydrogen (secondary N) is 1. The second kappa shape index (κ2) is 4.20. The number of likely N-dealkylation sites (N-methyl/N-ethyl adjacent to an activating group) is 1. The number of carbonyl (C=O) groups excluding carboxylic acids is 2. The molecule has 0 bridgehead atoms. The maximum atomic E-state index is 12.2. The molecule has 4 nitrogen and oxygen atoms in total. The summed E-state index contributed by atoms with van der Waals surface area (Å²) in [4.78, 5) is 25.1. The predicted molar refractivity (Wildman–Crippen MR) is 65.8 cm³/mol. The molecule has 1 heterocycles. The molecule has 1 aromatic carbocycles. The van der Waals surface area contributed by atoms with Crippen molar-refractivity contribution in [1.29, 1.82) is 0 Å². The molecule has 0 aliphatic carbocycles. The lowest BCUT2D eigenvalue weighted by molar-refractivity contribution is -0.126. The average molecular weight is 232 g/mol. The van der Waals surface area contributed by atoms with E-state index >= 15 is 0 Å². The Bertz CT molecular complexity index is 482. The summed E-state index contributed by atoms with van der Waals surface area (Å²) < 4.78 is 0. The number of amides is 2. The number of anilines is 1. The molecule has 1 N–H and O–H groups in total. The van der Waals surface area contributed by atoms with Gasteiger partial charge in [0.1, 0.15) is 6.04 Å². The minimum Gasteiger partial charge on any atom is -0.341 e. The number of hydrogen-bond acceptors (Lipinski definition) is 2. The minimum atomic E-state index is -0.526. The number of carbonyl (C=O) groups is 2. The van der Waals surface area contributed by atoms with Gasteiger partial charge in [-0.2, -0.15) is 0 Å². The van der Waals surface area contributed by atoms with Crippen LogP contribution in [0.2, 0.25) is 0 Å². The van der Waals surface area contributed by atoms with E-state index in [0.29, 0.717) is 6.54 Å². The monoisotopic (exact) mass is 232 g/mol. The summed E-state index contributed by atoms with van der Waals surface area (Å²) in [6.07, 6.45) is 0. The maximum absolute atomic E-state index is 12.2. The van der Waals surface area contributed by atoms with Crippen LogP contribution < -0.4 is 10.2 Å². The van der Waals surface area contributed by atoms with Gasteiger partial charge in [-0.15, -0.1) is 0 Å². The van der Waals surface area contributed by atoms with E-state index in [9.17, 15) is 9.59 Å². The average Bonchev–Trinajstić information content (AvgIpc) is 2.53. The molecule has 1 aliphatic rings. The van der Waals surface area contributed by atoms with Gasteiger partial charge in [-0.3, -0.25) is 9.59 Å². The van der Waals surface area contributed by atoms with Gasteiger partial charge >= 0.3 is 0 Å². The Balaban J connectivity index is 2.50. The van der Waals surface area contributed by atoms with E-state index in [0.717, 1.165) is 16.8 Å². The Morgan fingerprint density at radius 3 is 2.76 bits per heavy atom. The van der Waals surface area contributed by atoms with Crippen molar-refractivity contribution in [3.05, 3.63) is 29.3 Å². The van der Waals surface area contributed by atoms with Gasteiger partial charge in [0, 0.05) is 19.0 Å². The SMILES string of the molecule is CCN1C(=O)[C@@H](NC(C)=O)c2cccc(C)c21. The van der Waals surface area contributed by atoms with Crippen LogP contribution in [0.1, 0.15) is 31.0 Å². The predicted octanol–water partition coefficient (Wildman–Crippen LogP) is 1.54. The normalized spacial score (nSPS) is 18.2. The molecule has 0 fully saturated rings. The lowest BCUT2D eigenvalue weighted by Gasteiger charge is -2.16. The lowest BCUT2D eigenvalue weighted by atomic mass is 10.1. The molecule has 17 heavy (non-hydrogen) atoms. The van der Waals surface area contributed by atoms with Gasteiger partial charge in [-0.1, -0.05) is 18.2 Å². The first-order valence-corrected chi connectivity index (χ1v) is 5.74. The summed E-state index contributed by atoms with van der Waals surface area (Å²) in [7, 11) is 0. The number of benzene rings is 1. The largest absolute Gasteiger partial charge is 0.341 e. The van der Waals surface area contributed by atoms with Crippen LogP contribution in [0, 0.1) is 6.92 Å². The second-order valence-electron chi connectivity index (χ2n) is 4.23. The van der Waals surface area contributed by atoms with Gasteiger partial charge in [0.25, 0.3) is 5.91 Å². The highest BCUT2D eigenvalue weighted by Gasteiger charge is 2.37. The van der Waals surface area contributed by atoms with Crippen LogP contribution in [0.4, 0.5) is 5.69 Å². The smallest absolute Gasteiger partial charge is 0.254 e. The van der Waals surface area contributed by atoms with Crippen LogP contribution >= 0.6 is 0 Å². The Kier molecular flexibility index (Phi) is 2.88. The van der Waals surface area contributed by atoms with E-state index in [-0.39, 0.29) is 11.8 Å². The molecular formula is C13H16N2O2. The quantitative estimate of drug-likeness (QED) is 0.840. The maximum Gasteiger partial charge on any atom is 0.254 e. The Hall–Kier alpha value is -1.84. The van der Waals surface area contributed by atoms with Crippen LogP contribution in [0.25, 0.3) is 0 Å². The molecule has 0 saturated carbocycles. The van der Waals surface area contributed by atoms with Crippen LogP contribution in [0.3, 0.4) is 0 Å². The fourth-order valence-electron chi connectivity index (χ4n) is 2.34. The lowest BCUT2D eigenvalue weighted by Crippen LogP contribution is -2.36. The summed E-state index contributed by atoms with van der Waals surface area (Å²) in [5.74, 6) is -0.235. The molecule has 0 saturated heterocycles. The molecule has 90 valence electrons. The highest BCUT2D eigenvalue weighted by Crippen LogP contribution is 2.37. The fraction of sp³-hybridized carbons (Fsp3) is 0.385. The van der Waals surface area contributed by atoms with Gasteiger partial charge in [-0.05, 0) is 19.4 Å². The van der Waals surface area contributed by atoms with Crippen molar-refractivity contribution >= 4 is 17.5 Å². The van der Waals surface area contributed by atoms with Crippen molar-refractivity contribution in [3.8, 4) is 0 Å². The number of rotatable bonds is 2. The van der Waals surface area contributed by atoms with E-state index in [1.54, 1.807) is 4.90 Å². The summed E-state index contributed by atoms with van der Waals surface area (Å²) in [6, 6.07) is 5.26. The molecule has 0 radical (unpaired) electrons. The van der Waals surface area contributed by atoms with Gasteiger partial charge in [0.15, 0.2) is 0 Å². The number of aryl methyl sites for hydroxylation is 1. The first kappa shape index (κ1) is 11.6. The summed E-state index contributed by atoms with van der Waals surface area (Å²) in [5.41, 5.74) is 2.90. The van der Waals surface area contributed by atoms with Crippen molar-refractivity contribution in [3.63, 3.8) is 0 Å². The second-order valence-corrected chi connectivity index (χ2v) is 4.23. The third kappa shape index (κ3) is 1.79. The molecule has 1 aliphatic heterocycles. The number of para-hydroxylation sites is 1. The molecule has 2 rings (SSSR count). The fourth-order valence-corrected chi connectivity index (χ4v) is 2.34. The number of hydrogen-bond donors (Lipinski definition) is 1. The topological polar surface area (TPSA) is 49.4 Å². The van der Waals surface area contributed by atoms with Crippen LogP contribution in [0.5, 0.6) is 0 Å². The van der Waals surface area contributed by atoms with Gasteiger partial charge < -0.3 is 10.2 Å². The third-order valence-electron chi connectivity index (χ3n) is 3.03. The first-order valence-electron chi connectivity index (χ1n) is 5.74. The minimum absolute atomic E-state index is 0.0491. The zero-order chi connectivity index (χ0) is 12.6. The highest BCUT2D eigenvalue weighted by atomic mass is 16.2. The summed E-state index contributed by atoms with van der Waals surface area (Å²) >= 11 is 0. The van der Waals surface area contributed by atoms with Gasteiger partial charge in [-0.25, -0.2) is 0 Å². The van der Waals surface area contributed by atoms with E-state index in [1.807, 2.05) is 32.0 Å².